The van der Waals surface area contributed by atoms with Gasteiger partial charge in [0.15, 0.2) is 0 Å². The molecule has 2 aliphatic rings. The van der Waals surface area contributed by atoms with Gasteiger partial charge in [0.2, 0.25) is 0 Å². The molecule has 0 aromatic carbocycles. The minimum absolute atomic E-state index is 0.106. The summed E-state index contributed by atoms with van der Waals surface area (Å²) in [6.45, 7) is 5.26. The Morgan fingerprint density at radius 2 is 2.22 bits per heavy atom. The molecule has 1 aliphatic heterocycles. The monoisotopic (exact) mass is 247 g/mol. The van der Waals surface area contributed by atoms with Crippen molar-refractivity contribution in [2.24, 2.45) is 5.92 Å². The molecule has 1 saturated heterocycles. The van der Waals surface area contributed by atoms with Crippen LogP contribution in [0.3, 0.4) is 0 Å². The maximum absolute atomic E-state index is 12.5. The maximum Gasteiger partial charge on any atom is 0.274 e. The topological polar surface area (TPSA) is 49.0 Å². The van der Waals surface area contributed by atoms with E-state index in [2.05, 4.69) is 24.0 Å². The number of likely N-dealkylation sites (tertiary alicyclic amines) is 1. The summed E-state index contributed by atoms with van der Waals surface area (Å²) in [4.78, 5) is 14.5. The summed E-state index contributed by atoms with van der Waals surface area (Å²) in [5.41, 5.74) is 1.74. The van der Waals surface area contributed by atoms with Gasteiger partial charge in [-0.05, 0) is 37.7 Å². The highest BCUT2D eigenvalue weighted by Crippen LogP contribution is 2.39. The van der Waals surface area contributed by atoms with E-state index in [4.69, 9.17) is 0 Å². The van der Waals surface area contributed by atoms with Crippen molar-refractivity contribution in [3.8, 4) is 0 Å². The second-order valence-corrected chi connectivity index (χ2v) is 5.93. The quantitative estimate of drug-likeness (QED) is 0.892. The lowest BCUT2D eigenvalue weighted by Gasteiger charge is -2.26. The number of aromatic amines is 1. The van der Waals surface area contributed by atoms with Gasteiger partial charge in [-0.1, -0.05) is 13.8 Å². The molecule has 1 aromatic heterocycles. The molecule has 2 fully saturated rings. The third-order valence-electron chi connectivity index (χ3n) is 4.16. The molecule has 3 rings (SSSR count). The van der Waals surface area contributed by atoms with E-state index < -0.39 is 0 Å². The lowest BCUT2D eigenvalue weighted by molar-refractivity contribution is 0.0695. The smallest absolute Gasteiger partial charge is 0.274 e. The Balaban J connectivity index is 1.76. The predicted molar refractivity (Wildman–Crippen MR) is 69.5 cm³/mol. The Kier molecular flexibility index (Phi) is 2.88. The zero-order chi connectivity index (χ0) is 12.7. The first-order valence-electron chi connectivity index (χ1n) is 7.03. The van der Waals surface area contributed by atoms with Crippen LogP contribution < -0.4 is 0 Å². The molecule has 18 heavy (non-hydrogen) atoms. The van der Waals surface area contributed by atoms with E-state index in [9.17, 15) is 4.79 Å². The predicted octanol–water partition coefficient (Wildman–Crippen LogP) is 2.55. The van der Waals surface area contributed by atoms with E-state index in [-0.39, 0.29) is 5.91 Å². The molecule has 0 unspecified atom stereocenters. The largest absolute Gasteiger partial charge is 0.334 e. The third kappa shape index (κ3) is 2.04. The van der Waals surface area contributed by atoms with Crippen molar-refractivity contribution in [3.63, 3.8) is 0 Å². The van der Waals surface area contributed by atoms with E-state index in [0.29, 0.717) is 23.6 Å². The van der Waals surface area contributed by atoms with Crippen molar-refractivity contribution in [2.45, 2.75) is 51.5 Å². The first kappa shape index (κ1) is 11.8. The summed E-state index contributed by atoms with van der Waals surface area (Å²) in [7, 11) is 0. The number of rotatable bonds is 3. The van der Waals surface area contributed by atoms with Crippen LogP contribution in [-0.4, -0.2) is 33.6 Å². The first-order valence-corrected chi connectivity index (χ1v) is 7.03. The molecule has 1 N–H and O–H groups in total. The fourth-order valence-corrected chi connectivity index (χ4v) is 2.93. The number of nitrogens with zero attached hydrogens (tertiary/aromatic N) is 2. The van der Waals surface area contributed by atoms with Crippen LogP contribution in [0.5, 0.6) is 0 Å². The third-order valence-corrected chi connectivity index (χ3v) is 4.16. The van der Waals surface area contributed by atoms with Crippen molar-refractivity contribution >= 4 is 5.91 Å². The van der Waals surface area contributed by atoms with E-state index in [1.165, 1.54) is 12.8 Å². The first-order chi connectivity index (χ1) is 8.66. The number of hydrogen-bond acceptors (Lipinski definition) is 2. The molecule has 4 nitrogen and oxygen atoms in total. The van der Waals surface area contributed by atoms with Crippen LogP contribution in [0.2, 0.25) is 0 Å². The maximum atomic E-state index is 12.5. The van der Waals surface area contributed by atoms with Crippen molar-refractivity contribution in [2.75, 3.05) is 6.54 Å². The van der Waals surface area contributed by atoms with Crippen molar-refractivity contribution in [1.82, 2.24) is 15.1 Å². The average Bonchev–Trinajstić information content (AvgIpc) is 2.92. The molecule has 2 heterocycles. The van der Waals surface area contributed by atoms with Crippen LogP contribution in [0.15, 0.2) is 6.07 Å². The molecule has 1 atom stereocenters. The Morgan fingerprint density at radius 1 is 1.44 bits per heavy atom. The van der Waals surface area contributed by atoms with Gasteiger partial charge in [-0.25, -0.2) is 0 Å². The zero-order valence-electron chi connectivity index (χ0n) is 11.1. The number of carbonyl (C=O) groups excluding carboxylic acids is 1. The van der Waals surface area contributed by atoms with Crippen molar-refractivity contribution < 1.29 is 4.79 Å². The van der Waals surface area contributed by atoms with Gasteiger partial charge in [0.05, 0.1) is 0 Å². The lowest BCUT2D eigenvalue weighted by Crippen LogP contribution is -2.38. The zero-order valence-corrected chi connectivity index (χ0v) is 11.1. The molecule has 0 bridgehead atoms. The number of hydrogen-bond donors (Lipinski definition) is 1. The summed E-state index contributed by atoms with van der Waals surface area (Å²) >= 11 is 0. The van der Waals surface area contributed by atoms with Gasteiger partial charge in [-0.15, -0.1) is 0 Å². The Morgan fingerprint density at radius 3 is 2.89 bits per heavy atom. The highest BCUT2D eigenvalue weighted by atomic mass is 16.2. The average molecular weight is 247 g/mol. The van der Waals surface area contributed by atoms with Crippen LogP contribution in [-0.2, 0) is 0 Å². The molecule has 0 spiro atoms. The molecular formula is C14H21N3O. The summed E-state index contributed by atoms with van der Waals surface area (Å²) < 4.78 is 0. The van der Waals surface area contributed by atoms with Crippen LogP contribution in [0, 0.1) is 5.92 Å². The van der Waals surface area contributed by atoms with Gasteiger partial charge in [-0.3, -0.25) is 9.89 Å². The van der Waals surface area contributed by atoms with Crippen molar-refractivity contribution in [3.05, 3.63) is 17.5 Å². The summed E-state index contributed by atoms with van der Waals surface area (Å²) in [6, 6.07) is 2.34. The van der Waals surface area contributed by atoms with Crippen molar-refractivity contribution in [1.29, 1.82) is 0 Å². The Hall–Kier alpha value is -1.32. The standard InChI is InChI=1S/C14H21N3O/c1-9(2)13-4-3-7-17(13)14(18)12-8-11(15-16-12)10-5-6-10/h8-10,13H,3-7H2,1-2H3,(H,15,16)/t13-/m1/s1. The van der Waals surface area contributed by atoms with Crippen LogP contribution in [0.25, 0.3) is 0 Å². The van der Waals surface area contributed by atoms with E-state index in [0.717, 1.165) is 25.1 Å². The number of H-pyrrole nitrogens is 1. The van der Waals surface area contributed by atoms with Crippen LogP contribution in [0.4, 0.5) is 0 Å². The lowest BCUT2D eigenvalue weighted by atomic mass is 10.0. The fraction of sp³-hybridized carbons (Fsp3) is 0.714. The molecule has 98 valence electrons. The highest BCUT2D eigenvalue weighted by Gasteiger charge is 2.33. The van der Waals surface area contributed by atoms with Gasteiger partial charge in [0.25, 0.3) is 5.91 Å². The van der Waals surface area contributed by atoms with Crippen LogP contribution in [0.1, 0.15) is 61.6 Å². The number of nitrogens with one attached hydrogen (secondary N) is 1. The Labute approximate surface area is 108 Å². The number of amides is 1. The summed E-state index contributed by atoms with van der Waals surface area (Å²) in [5.74, 6) is 1.26. The fourth-order valence-electron chi connectivity index (χ4n) is 2.93. The van der Waals surface area contributed by atoms with Gasteiger partial charge < -0.3 is 4.90 Å². The molecule has 1 aromatic rings. The van der Waals surface area contributed by atoms with Gasteiger partial charge in [-0.2, -0.15) is 5.10 Å². The number of aromatic nitrogens is 2. The second-order valence-electron chi connectivity index (χ2n) is 5.93. The van der Waals surface area contributed by atoms with Gasteiger partial charge >= 0.3 is 0 Å². The second kappa shape index (κ2) is 4.41. The molecule has 0 radical (unpaired) electrons. The minimum atomic E-state index is 0.106. The van der Waals surface area contributed by atoms with E-state index in [1.54, 1.807) is 0 Å². The SMILES string of the molecule is CC(C)[C@H]1CCCN1C(=O)c1cc(C2CC2)[nH]n1. The molecule has 4 heteroatoms. The molecular weight excluding hydrogens is 226 g/mol. The highest BCUT2D eigenvalue weighted by molar-refractivity contribution is 5.92. The molecule has 1 amide bonds. The normalized spacial score (nSPS) is 23.9. The Bertz CT molecular complexity index is 448. The molecule has 1 saturated carbocycles. The molecule has 1 aliphatic carbocycles. The van der Waals surface area contributed by atoms with E-state index in [1.807, 2.05) is 11.0 Å². The summed E-state index contributed by atoms with van der Waals surface area (Å²) in [6.07, 6.45) is 4.71. The minimum Gasteiger partial charge on any atom is -0.334 e. The van der Waals surface area contributed by atoms with Gasteiger partial charge in [0.1, 0.15) is 5.69 Å². The van der Waals surface area contributed by atoms with Crippen LogP contribution >= 0.6 is 0 Å². The number of carbonyl (C=O) groups is 1. The van der Waals surface area contributed by atoms with E-state index >= 15 is 0 Å². The summed E-state index contributed by atoms with van der Waals surface area (Å²) in [5, 5.41) is 7.22. The van der Waals surface area contributed by atoms with Gasteiger partial charge in [0, 0.05) is 24.2 Å².